The van der Waals surface area contributed by atoms with Crippen molar-refractivity contribution in [1.29, 1.82) is 0 Å². The van der Waals surface area contributed by atoms with Gasteiger partial charge in [0, 0.05) is 13.1 Å². The van der Waals surface area contributed by atoms with E-state index in [2.05, 4.69) is 10.6 Å². The number of aliphatic hydroxyl groups excluding tert-OH is 1. The lowest BCUT2D eigenvalue weighted by Crippen LogP contribution is -2.39. The fourth-order valence-electron chi connectivity index (χ4n) is 1.70. The van der Waals surface area contributed by atoms with Crippen LogP contribution in [0.25, 0.3) is 0 Å². The van der Waals surface area contributed by atoms with Gasteiger partial charge in [0.25, 0.3) is 0 Å². The number of hydrogen-bond donors (Lipinski definition) is 3. The maximum Gasteiger partial charge on any atom is 0.224 e. The zero-order valence-electron chi connectivity index (χ0n) is 10.0. The van der Waals surface area contributed by atoms with Crippen molar-refractivity contribution in [3.63, 3.8) is 0 Å². The average molecular weight is 251 g/mol. The summed E-state index contributed by atoms with van der Waals surface area (Å²) in [5, 5.41) is 15.6. The van der Waals surface area contributed by atoms with E-state index in [1.54, 1.807) is 0 Å². The van der Waals surface area contributed by atoms with Crippen LogP contribution >= 0.6 is 12.4 Å². The predicted molar refractivity (Wildman–Crippen MR) is 66.7 cm³/mol. The molecule has 16 heavy (non-hydrogen) atoms. The van der Waals surface area contributed by atoms with Gasteiger partial charge in [-0.1, -0.05) is 20.3 Å². The van der Waals surface area contributed by atoms with Gasteiger partial charge in [-0.05, 0) is 18.9 Å². The normalized spacial score (nSPS) is 23.3. The number of carbonyl (C=O) groups excluding carboxylic acids is 1. The number of carbonyl (C=O) groups is 1. The monoisotopic (exact) mass is 250 g/mol. The molecule has 0 radical (unpaired) electrons. The van der Waals surface area contributed by atoms with Crippen molar-refractivity contribution >= 4 is 18.3 Å². The minimum atomic E-state index is -0.423. The molecule has 0 aliphatic carbocycles. The molecule has 1 amide bonds. The molecule has 4 nitrogen and oxygen atoms in total. The summed E-state index contributed by atoms with van der Waals surface area (Å²) < 4.78 is 0. The first kappa shape index (κ1) is 15.7. The molecule has 0 aromatic rings. The van der Waals surface area contributed by atoms with Crippen LogP contribution in [0.1, 0.15) is 26.7 Å². The highest BCUT2D eigenvalue weighted by atomic mass is 35.5. The Kier molecular flexibility index (Phi) is 7.72. The molecule has 3 unspecified atom stereocenters. The molecule has 0 bridgehead atoms. The van der Waals surface area contributed by atoms with E-state index in [1.165, 1.54) is 0 Å². The fourth-order valence-corrected chi connectivity index (χ4v) is 1.70. The Morgan fingerprint density at radius 1 is 1.62 bits per heavy atom. The summed E-state index contributed by atoms with van der Waals surface area (Å²) in [6.07, 6.45) is 1.42. The molecular formula is C11H23ClN2O2. The maximum atomic E-state index is 11.6. The van der Waals surface area contributed by atoms with Crippen molar-refractivity contribution in [1.82, 2.24) is 10.6 Å². The first-order valence-corrected chi connectivity index (χ1v) is 5.81. The van der Waals surface area contributed by atoms with Crippen LogP contribution in [-0.4, -0.2) is 36.8 Å². The molecule has 1 aliphatic heterocycles. The van der Waals surface area contributed by atoms with Crippen LogP contribution in [0.3, 0.4) is 0 Å². The van der Waals surface area contributed by atoms with E-state index < -0.39 is 6.10 Å². The zero-order chi connectivity index (χ0) is 11.3. The summed E-state index contributed by atoms with van der Waals surface area (Å²) in [5.74, 6) is 0.406. The van der Waals surface area contributed by atoms with Crippen LogP contribution in [0.4, 0.5) is 0 Å². The minimum absolute atomic E-state index is 0. The Bertz CT molecular complexity index is 208. The molecule has 1 heterocycles. The van der Waals surface area contributed by atoms with Gasteiger partial charge in [-0.15, -0.1) is 12.4 Å². The van der Waals surface area contributed by atoms with Gasteiger partial charge in [0.05, 0.1) is 12.0 Å². The third-order valence-corrected chi connectivity index (χ3v) is 3.22. The molecular weight excluding hydrogens is 228 g/mol. The van der Waals surface area contributed by atoms with Gasteiger partial charge in [0.2, 0.25) is 5.91 Å². The number of hydrogen-bond acceptors (Lipinski definition) is 3. The second kappa shape index (κ2) is 7.87. The number of halogens is 1. The number of aliphatic hydroxyl groups is 1. The van der Waals surface area contributed by atoms with E-state index in [-0.39, 0.29) is 30.2 Å². The highest BCUT2D eigenvalue weighted by Gasteiger charge is 2.23. The zero-order valence-corrected chi connectivity index (χ0v) is 10.8. The third kappa shape index (κ3) is 4.68. The predicted octanol–water partition coefficient (Wildman–Crippen LogP) is 0.541. The van der Waals surface area contributed by atoms with Crippen LogP contribution in [0, 0.1) is 11.8 Å². The van der Waals surface area contributed by atoms with Crippen molar-refractivity contribution in [2.24, 2.45) is 11.8 Å². The van der Waals surface area contributed by atoms with Gasteiger partial charge in [0.15, 0.2) is 0 Å². The van der Waals surface area contributed by atoms with Crippen LogP contribution in [0.5, 0.6) is 0 Å². The number of nitrogens with one attached hydrogen (secondary N) is 2. The molecule has 3 atom stereocenters. The van der Waals surface area contributed by atoms with E-state index in [9.17, 15) is 9.90 Å². The van der Waals surface area contributed by atoms with Crippen LogP contribution in [0.2, 0.25) is 0 Å². The second-order valence-electron chi connectivity index (χ2n) is 4.39. The molecule has 1 fully saturated rings. The first-order valence-electron chi connectivity index (χ1n) is 5.81. The molecule has 0 aromatic carbocycles. The molecule has 0 spiro atoms. The summed E-state index contributed by atoms with van der Waals surface area (Å²) in [6, 6.07) is 0. The molecule has 1 aliphatic rings. The van der Waals surface area contributed by atoms with Gasteiger partial charge in [-0.3, -0.25) is 4.79 Å². The van der Waals surface area contributed by atoms with E-state index in [4.69, 9.17) is 0 Å². The van der Waals surface area contributed by atoms with Gasteiger partial charge in [0.1, 0.15) is 0 Å². The second-order valence-corrected chi connectivity index (χ2v) is 4.39. The number of amides is 1. The molecule has 5 heteroatoms. The molecule has 1 saturated heterocycles. The van der Waals surface area contributed by atoms with Gasteiger partial charge in [-0.2, -0.15) is 0 Å². The highest BCUT2D eigenvalue weighted by molar-refractivity contribution is 5.85. The van der Waals surface area contributed by atoms with Gasteiger partial charge < -0.3 is 15.7 Å². The largest absolute Gasteiger partial charge is 0.391 e. The standard InChI is InChI=1S/C11H22N2O2.ClH/c1-3-8(2)10(14)7-13-11(15)9-4-5-12-6-9;/h8-10,12,14H,3-7H2,1-2H3,(H,13,15);1H. The van der Waals surface area contributed by atoms with Crippen LogP contribution in [0.15, 0.2) is 0 Å². The van der Waals surface area contributed by atoms with E-state index in [0.29, 0.717) is 6.54 Å². The summed E-state index contributed by atoms with van der Waals surface area (Å²) in [6.45, 7) is 6.10. The number of rotatable bonds is 5. The summed E-state index contributed by atoms with van der Waals surface area (Å²) >= 11 is 0. The van der Waals surface area contributed by atoms with Crippen molar-refractivity contribution in [2.45, 2.75) is 32.8 Å². The Hall–Kier alpha value is -0.320. The lowest BCUT2D eigenvalue weighted by atomic mass is 10.0. The molecule has 0 saturated carbocycles. The SMILES string of the molecule is CCC(C)C(O)CNC(=O)C1CCNC1.Cl. The lowest BCUT2D eigenvalue weighted by molar-refractivity contribution is -0.125. The van der Waals surface area contributed by atoms with Gasteiger partial charge >= 0.3 is 0 Å². The summed E-state index contributed by atoms with van der Waals surface area (Å²) in [7, 11) is 0. The Labute approximate surface area is 104 Å². The smallest absolute Gasteiger partial charge is 0.224 e. The van der Waals surface area contributed by atoms with E-state index in [0.717, 1.165) is 25.9 Å². The topological polar surface area (TPSA) is 61.4 Å². The molecule has 96 valence electrons. The molecule has 1 rings (SSSR count). The Morgan fingerprint density at radius 3 is 2.81 bits per heavy atom. The third-order valence-electron chi connectivity index (χ3n) is 3.22. The lowest BCUT2D eigenvalue weighted by Gasteiger charge is -2.18. The maximum absolute atomic E-state index is 11.6. The molecule has 3 N–H and O–H groups in total. The fraction of sp³-hybridized carbons (Fsp3) is 0.909. The van der Waals surface area contributed by atoms with Crippen molar-refractivity contribution in [3.8, 4) is 0 Å². The van der Waals surface area contributed by atoms with Crippen molar-refractivity contribution < 1.29 is 9.90 Å². The van der Waals surface area contributed by atoms with E-state index in [1.807, 2.05) is 13.8 Å². The quantitative estimate of drug-likeness (QED) is 0.668. The summed E-state index contributed by atoms with van der Waals surface area (Å²) in [4.78, 5) is 11.6. The van der Waals surface area contributed by atoms with E-state index >= 15 is 0 Å². The van der Waals surface area contributed by atoms with Crippen LogP contribution in [-0.2, 0) is 4.79 Å². The molecule has 0 aromatic heterocycles. The minimum Gasteiger partial charge on any atom is -0.391 e. The first-order chi connectivity index (χ1) is 7.15. The Balaban J connectivity index is 0.00000225. The highest BCUT2D eigenvalue weighted by Crippen LogP contribution is 2.09. The average Bonchev–Trinajstić information content (AvgIpc) is 2.77. The van der Waals surface area contributed by atoms with Crippen LogP contribution < -0.4 is 10.6 Å². The summed E-state index contributed by atoms with van der Waals surface area (Å²) in [5.41, 5.74) is 0. The van der Waals surface area contributed by atoms with Crippen molar-refractivity contribution in [3.05, 3.63) is 0 Å². The Morgan fingerprint density at radius 2 is 2.31 bits per heavy atom. The van der Waals surface area contributed by atoms with Crippen molar-refractivity contribution in [2.75, 3.05) is 19.6 Å². The van der Waals surface area contributed by atoms with Gasteiger partial charge in [-0.25, -0.2) is 0 Å².